The zero-order chi connectivity index (χ0) is 18.1. The highest BCUT2D eigenvalue weighted by molar-refractivity contribution is 6.32. The fraction of sp³-hybridized carbons (Fsp3) is 0.350. The maximum Gasteiger partial charge on any atom is 0.254 e. The number of piperazine rings is 1. The van der Waals surface area contributed by atoms with Crippen LogP contribution in [-0.4, -0.2) is 55.6 Å². The molecule has 26 heavy (non-hydrogen) atoms. The molecule has 1 amide bonds. The first-order valence-electron chi connectivity index (χ1n) is 8.77. The highest BCUT2D eigenvalue weighted by Gasteiger charge is 2.32. The number of rotatable bonds is 2. The minimum absolute atomic E-state index is 0.00873. The Bertz CT molecular complexity index is 812. The molecule has 0 spiro atoms. The smallest absolute Gasteiger partial charge is 0.254 e. The molecule has 1 atom stereocenters. The van der Waals surface area contributed by atoms with Crippen molar-refractivity contribution in [1.29, 1.82) is 0 Å². The van der Waals surface area contributed by atoms with Crippen LogP contribution in [0.25, 0.3) is 0 Å². The average molecular weight is 373 g/mol. The van der Waals surface area contributed by atoms with Crippen LogP contribution >= 0.6 is 11.6 Å². The molecule has 1 unspecified atom stereocenters. The van der Waals surface area contributed by atoms with Gasteiger partial charge in [0.1, 0.15) is 13.2 Å². The Morgan fingerprint density at radius 1 is 1.12 bits per heavy atom. The van der Waals surface area contributed by atoms with Crippen LogP contribution < -0.4 is 9.47 Å². The molecule has 6 heteroatoms. The predicted octanol–water partition coefficient (Wildman–Crippen LogP) is 3.24. The Labute approximate surface area is 158 Å². The first-order chi connectivity index (χ1) is 12.6. The van der Waals surface area contributed by atoms with Crippen LogP contribution in [0, 0.1) is 0 Å². The molecule has 2 aromatic carbocycles. The maximum absolute atomic E-state index is 13.3. The van der Waals surface area contributed by atoms with Crippen LogP contribution in [0.3, 0.4) is 0 Å². The SMILES string of the molecule is CN1CCN(C(=O)c2cc(Cl)c3c(c2)OCCO3)C(c2ccccc2)C1. The molecule has 0 aliphatic carbocycles. The standard InChI is InChI=1S/C20H21ClN2O3/c1-22-7-8-23(17(13-22)14-5-3-2-4-6-14)20(24)15-11-16(21)19-18(12-15)25-9-10-26-19/h2-6,11-12,17H,7-10,13H2,1H3. The highest BCUT2D eigenvalue weighted by Crippen LogP contribution is 2.39. The summed E-state index contributed by atoms with van der Waals surface area (Å²) in [6, 6.07) is 13.6. The third kappa shape index (κ3) is 3.24. The summed E-state index contributed by atoms with van der Waals surface area (Å²) in [7, 11) is 2.08. The lowest BCUT2D eigenvalue weighted by atomic mass is 10.0. The van der Waals surface area contributed by atoms with Crippen molar-refractivity contribution in [2.75, 3.05) is 39.9 Å². The van der Waals surface area contributed by atoms with Crippen molar-refractivity contribution < 1.29 is 14.3 Å². The number of carbonyl (C=O) groups is 1. The van der Waals surface area contributed by atoms with Crippen LogP contribution in [0.1, 0.15) is 22.0 Å². The third-order valence-electron chi connectivity index (χ3n) is 4.87. The molecule has 1 fully saturated rings. The highest BCUT2D eigenvalue weighted by atomic mass is 35.5. The largest absolute Gasteiger partial charge is 0.486 e. The molecular weight excluding hydrogens is 352 g/mol. The van der Waals surface area contributed by atoms with E-state index in [-0.39, 0.29) is 11.9 Å². The number of hydrogen-bond donors (Lipinski definition) is 0. The monoisotopic (exact) mass is 372 g/mol. The van der Waals surface area contributed by atoms with Crippen molar-refractivity contribution in [3.8, 4) is 11.5 Å². The second-order valence-corrected chi connectivity index (χ2v) is 7.08. The fourth-order valence-corrected chi connectivity index (χ4v) is 3.79. The van der Waals surface area contributed by atoms with E-state index in [1.54, 1.807) is 12.1 Å². The van der Waals surface area contributed by atoms with E-state index in [0.29, 0.717) is 41.8 Å². The normalized spacial score (nSPS) is 20.1. The zero-order valence-corrected chi connectivity index (χ0v) is 15.4. The van der Waals surface area contributed by atoms with Gasteiger partial charge in [0, 0.05) is 25.2 Å². The minimum Gasteiger partial charge on any atom is -0.486 e. The lowest BCUT2D eigenvalue weighted by Crippen LogP contribution is -2.49. The summed E-state index contributed by atoms with van der Waals surface area (Å²) in [6.45, 7) is 3.24. The Hall–Kier alpha value is -2.24. The average Bonchev–Trinajstić information content (AvgIpc) is 2.68. The molecule has 2 aromatic rings. The van der Waals surface area contributed by atoms with E-state index < -0.39 is 0 Å². The van der Waals surface area contributed by atoms with Gasteiger partial charge in [-0.25, -0.2) is 0 Å². The van der Waals surface area contributed by atoms with E-state index in [2.05, 4.69) is 24.1 Å². The Balaban J connectivity index is 1.67. The van der Waals surface area contributed by atoms with Crippen molar-refractivity contribution in [3.05, 3.63) is 58.6 Å². The van der Waals surface area contributed by atoms with Gasteiger partial charge < -0.3 is 19.3 Å². The van der Waals surface area contributed by atoms with Crippen molar-refractivity contribution >= 4 is 17.5 Å². The lowest BCUT2D eigenvalue weighted by Gasteiger charge is -2.40. The van der Waals surface area contributed by atoms with E-state index in [1.807, 2.05) is 23.1 Å². The van der Waals surface area contributed by atoms with Gasteiger partial charge in [-0.05, 0) is 24.7 Å². The fourth-order valence-electron chi connectivity index (χ4n) is 3.52. The van der Waals surface area contributed by atoms with E-state index in [9.17, 15) is 4.79 Å². The van der Waals surface area contributed by atoms with E-state index >= 15 is 0 Å². The van der Waals surface area contributed by atoms with Gasteiger partial charge >= 0.3 is 0 Å². The number of likely N-dealkylation sites (N-methyl/N-ethyl adjacent to an activating group) is 1. The molecule has 2 aliphatic heterocycles. The first-order valence-corrected chi connectivity index (χ1v) is 9.15. The summed E-state index contributed by atoms with van der Waals surface area (Å²) in [5, 5.41) is 0.413. The second kappa shape index (κ2) is 7.17. The summed E-state index contributed by atoms with van der Waals surface area (Å²) < 4.78 is 11.2. The molecule has 1 saturated heterocycles. The van der Waals surface area contributed by atoms with Gasteiger partial charge in [-0.2, -0.15) is 0 Å². The van der Waals surface area contributed by atoms with Crippen LogP contribution in [0.4, 0.5) is 0 Å². The number of halogens is 1. The van der Waals surface area contributed by atoms with Crippen LogP contribution in [0.5, 0.6) is 11.5 Å². The molecule has 0 saturated carbocycles. The number of fused-ring (bicyclic) bond motifs is 1. The molecule has 0 N–H and O–H groups in total. The number of carbonyl (C=O) groups excluding carboxylic acids is 1. The molecule has 2 aliphatic rings. The van der Waals surface area contributed by atoms with Crippen molar-refractivity contribution in [1.82, 2.24) is 9.80 Å². The van der Waals surface area contributed by atoms with Gasteiger partial charge in [-0.1, -0.05) is 41.9 Å². The Morgan fingerprint density at radius 2 is 1.88 bits per heavy atom. The van der Waals surface area contributed by atoms with Crippen molar-refractivity contribution in [2.45, 2.75) is 6.04 Å². The van der Waals surface area contributed by atoms with E-state index in [4.69, 9.17) is 21.1 Å². The van der Waals surface area contributed by atoms with Crippen LogP contribution in [-0.2, 0) is 0 Å². The minimum atomic E-state index is -0.0363. The van der Waals surface area contributed by atoms with E-state index in [0.717, 1.165) is 18.7 Å². The molecule has 2 heterocycles. The number of benzene rings is 2. The predicted molar refractivity (Wildman–Crippen MR) is 100 cm³/mol. The Kier molecular flexibility index (Phi) is 4.74. The quantitative estimate of drug-likeness (QED) is 0.811. The molecular formula is C20H21ClN2O3. The van der Waals surface area contributed by atoms with Gasteiger partial charge in [-0.3, -0.25) is 4.79 Å². The molecule has 5 nitrogen and oxygen atoms in total. The maximum atomic E-state index is 13.3. The summed E-state index contributed by atoms with van der Waals surface area (Å²) >= 11 is 6.32. The number of nitrogens with zero attached hydrogens (tertiary/aromatic N) is 2. The van der Waals surface area contributed by atoms with Crippen molar-refractivity contribution in [3.63, 3.8) is 0 Å². The van der Waals surface area contributed by atoms with Crippen molar-refractivity contribution in [2.24, 2.45) is 0 Å². The zero-order valence-electron chi connectivity index (χ0n) is 14.7. The van der Waals surface area contributed by atoms with Gasteiger partial charge in [0.2, 0.25) is 0 Å². The number of ether oxygens (including phenoxy) is 2. The van der Waals surface area contributed by atoms with E-state index in [1.165, 1.54) is 0 Å². The molecule has 0 radical (unpaired) electrons. The summed E-state index contributed by atoms with van der Waals surface area (Å²) in [5.74, 6) is 1.02. The molecule has 4 rings (SSSR count). The van der Waals surface area contributed by atoms with Crippen LogP contribution in [0.2, 0.25) is 5.02 Å². The summed E-state index contributed by atoms with van der Waals surface area (Å²) in [5.41, 5.74) is 1.67. The van der Waals surface area contributed by atoms with Crippen LogP contribution in [0.15, 0.2) is 42.5 Å². The Morgan fingerprint density at radius 3 is 2.69 bits per heavy atom. The number of amides is 1. The third-order valence-corrected chi connectivity index (χ3v) is 5.15. The van der Waals surface area contributed by atoms with Gasteiger partial charge in [0.25, 0.3) is 5.91 Å². The first kappa shape index (κ1) is 17.2. The molecule has 0 bridgehead atoms. The number of hydrogen-bond acceptors (Lipinski definition) is 4. The lowest BCUT2D eigenvalue weighted by molar-refractivity contribution is 0.0497. The summed E-state index contributed by atoms with van der Waals surface area (Å²) in [4.78, 5) is 17.5. The van der Waals surface area contributed by atoms with Gasteiger partial charge in [0.05, 0.1) is 11.1 Å². The summed E-state index contributed by atoms with van der Waals surface area (Å²) in [6.07, 6.45) is 0. The molecule has 136 valence electrons. The van der Waals surface area contributed by atoms with Gasteiger partial charge in [-0.15, -0.1) is 0 Å². The molecule has 0 aromatic heterocycles. The second-order valence-electron chi connectivity index (χ2n) is 6.67. The van der Waals surface area contributed by atoms with Gasteiger partial charge in [0.15, 0.2) is 11.5 Å². The topological polar surface area (TPSA) is 42.0 Å².